The summed E-state index contributed by atoms with van der Waals surface area (Å²) in [5.41, 5.74) is 0. The van der Waals surface area contributed by atoms with Crippen LogP contribution in [0.4, 0.5) is 11.6 Å². The van der Waals surface area contributed by atoms with E-state index in [-0.39, 0.29) is 0 Å². The maximum atomic E-state index is 5.23. The summed E-state index contributed by atoms with van der Waals surface area (Å²) in [5, 5.41) is 6.81. The maximum absolute atomic E-state index is 5.23. The highest BCUT2D eigenvalue weighted by molar-refractivity contribution is 5.48. The number of ether oxygens (including phenoxy) is 1. The summed E-state index contributed by atoms with van der Waals surface area (Å²) in [7, 11) is 1.73. The molecule has 0 amide bonds. The number of rotatable bonds is 9. The maximum Gasteiger partial charge on any atom is 0.136 e. The predicted molar refractivity (Wildman–Crippen MR) is 82.4 cm³/mol. The lowest BCUT2D eigenvalue weighted by molar-refractivity contribution is 0.184. The van der Waals surface area contributed by atoms with Crippen LogP contribution >= 0.6 is 0 Å². The van der Waals surface area contributed by atoms with E-state index in [0.717, 1.165) is 36.8 Å². The molecule has 0 aromatic carbocycles. The fourth-order valence-corrected chi connectivity index (χ4v) is 2.08. The molecule has 2 rings (SSSR count). The van der Waals surface area contributed by atoms with Gasteiger partial charge in [-0.1, -0.05) is 13.8 Å². The van der Waals surface area contributed by atoms with E-state index in [1.54, 1.807) is 7.11 Å². The number of nitrogens with one attached hydrogen (secondary N) is 2. The minimum absolute atomic E-state index is 0.293. The first kappa shape index (κ1) is 15.0. The molecule has 1 saturated carbocycles. The summed E-state index contributed by atoms with van der Waals surface area (Å²) >= 11 is 0. The zero-order valence-corrected chi connectivity index (χ0v) is 12.8. The third-order valence-electron chi connectivity index (χ3n) is 3.45. The Labute approximate surface area is 121 Å². The standard InChI is InChI=1S/C15H26N4O/c1-4-8-16-13-9-14(17-12(5-2)10-20-3)19-15(18-13)11-6-7-11/h9,11-12H,4-8,10H2,1-3H3,(H2,16,17,18,19). The molecule has 1 heterocycles. The summed E-state index contributed by atoms with van der Waals surface area (Å²) in [6, 6.07) is 2.29. The summed E-state index contributed by atoms with van der Waals surface area (Å²) < 4.78 is 5.23. The van der Waals surface area contributed by atoms with E-state index < -0.39 is 0 Å². The average Bonchev–Trinajstić information content (AvgIpc) is 3.29. The van der Waals surface area contributed by atoms with Crippen molar-refractivity contribution < 1.29 is 4.74 Å². The van der Waals surface area contributed by atoms with Gasteiger partial charge in [0.1, 0.15) is 17.5 Å². The van der Waals surface area contributed by atoms with Crippen molar-refractivity contribution in [3.8, 4) is 0 Å². The highest BCUT2D eigenvalue weighted by atomic mass is 16.5. The molecule has 112 valence electrons. The van der Waals surface area contributed by atoms with Crippen molar-refractivity contribution in [1.82, 2.24) is 9.97 Å². The van der Waals surface area contributed by atoms with E-state index in [1.807, 2.05) is 6.07 Å². The van der Waals surface area contributed by atoms with Crippen LogP contribution in [-0.2, 0) is 4.74 Å². The molecular weight excluding hydrogens is 252 g/mol. The third-order valence-corrected chi connectivity index (χ3v) is 3.45. The molecule has 0 spiro atoms. The molecule has 1 aromatic heterocycles. The van der Waals surface area contributed by atoms with Crippen LogP contribution < -0.4 is 10.6 Å². The Morgan fingerprint density at radius 3 is 2.65 bits per heavy atom. The zero-order chi connectivity index (χ0) is 14.4. The minimum atomic E-state index is 0.293. The monoisotopic (exact) mass is 278 g/mol. The van der Waals surface area contributed by atoms with Crippen molar-refractivity contribution in [2.24, 2.45) is 0 Å². The first-order valence-electron chi connectivity index (χ1n) is 7.65. The van der Waals surface area contributed by atoms with E-state index in [0.29, 0.717) is 18.6 Å². The molecule has 1 aliphatic rings. The second-order valence-electron chi connectivity index (χ2n) is 5.40. The van der Waals surface area contributed by atoms with Gasteiger partial charge in [-0.15, -0.1) is 0 Å². The second kappa shape index (κ2) is 7.43. The Hall–Kier alpha value is -1.36. The zero-order valence-electron chi connectivity index (χ0n) is 12.8. The van der Waals surface area contributed by atoms with E-state index in [4.69, 9.17) is 4.74 Å². The SMILES string of the molecule is CCCNc1cc(NC(CC)COC)nc(C2CC2)n1. The molecule has 2 N–H and O–H groups in total. The van der Waals surface area contributed by atoms with Gasteiger partial charge in [-0.25, -0.2) is 9.97 Å². The van der Waals surface area contributed by atoms with Crippen molar-refractivity contribution in [2.75, 3.05) is 30.9 Å². The molecule has 1 aromatic rings. The van der Waals surface area contributed by atoms with Gasteiger partial charge in [0.2, 0.25) is 0 Å². The van der Waals surface area contributed by atoms with Crippen LogP contribution in [0.2, 0.25) is 0 Å². The van der Waals surface area contributed by atoms with E-state index in [1.165, 1.54) is 12.8 Å². The molecule has 1 fully saturated rings. The molecule has 1 aliphatic carbocycles. The Bertz CT molecular complexity index is 420. The van der Waals surface area contributed by atoms with Gasteiger partial charge in [-0.2, -0.15) is 0 Å². The van der Waals surface area contributed by atoms with Gasteiger partial charge in [0.25, 0.3) is 0 Å². The lowest BCUT2D eigenvalue weighted by Crippen LogP contribution is -2.25. The second-order valence-corrected chi connectivity index (χ2v) is 5.40. The Balaban J connectivity index is 2.10. The summed E-state index contributed by atoms with van der Waals surface area (Å²) in [5.74, 6) is 3.37. The van der Waals surface area contributed by atoms with Gasteiger partial charge in [0, 0.05) is 25.6 Å². The Morgan fingerprint density at radius 1 is 1.30 bits per heavy atom. The fraction of sp³-hybridized carbons (Fsp3) is 0.733. The largest absolute Gasteiger partial charge is 0.383 e. The molecule has 1 unspecified atom stereocenters. The van der Waals surface area contributed by atoms with Crippen molar-refractivity contribution in [3.63, 3.8) is 0 Å². The molecule has 0 radical (unpaired) electrons. The smallest absolute Gasteiger partial charge is 0.136 e. The number of anilines is 2. The minimum Gasteiger partial charge on any atom is -0.383 e. The van der Waals surface area contributed by atoms with Crippen molar-refractivity contribution >= 4 is 11.6 Å². The van der Waals surface area contributed by atoms with Gasteiger partial charge in [-0.3, -0.25) is 0 Å². The van der Waals surface area contributed by atoms with Gasteiger partial charge >= 0.3 is 0 Å². The van der Waals surface area contributed by atoms with E-state index in [9.17, 15) is 0 Å². The summed E-state index contributed by atoms with van der Waals surface area (Å²) in [6.07, 6.45) is 4.53. The van der Waals surface area contributed by atoms with Crippen LogP contribution in [-0.4, -0.2) is 36.3 Å². The van der Waals surface area contributed by atoms with Crippen molar-refractivity contribution in [2.45, 2.75) is 51.5 Å². The molecule has 5 nitrogen and oxygen atoms in total. The van der Waals surface area contributed by atoms with Gasteiger partial charge in [0.15, 0.2) is 0 Å². The van der Waals surface area contributed by atoms with E-state index >= 15 is 0 Å². The van der Waals surface area contributed by atoms with Gasteiger partial charge in [0.05, 0.1) is 12.6 Å². The first-order chi connectivity index (χ1) is 9.76. The van der Waals surface area contributed by atoms with Crippen LogP contribution in [0.25, 0.3) is 0 Å². The summed E-state index contributed by atoms with van der Waals surface area (Å²) in [4.78, 5) is 9.27. The normalized spacial score (nSPS) is 15.9. The molecular formula is C15H26N4O. The van der Waals surface area contributed by atoms with Crippen molar-refractivity contribution in [1.29, 1.82) is 0 Å². The first-order valence-corrected chi connectivity index (χ1v) is 7.65. The number of nitrogens with zero attached hydrogens (tertiary/aromatic N) is 2. The highest BCUT2D eigenvalue weighted by Gasteiger charge is 2.27. The molecule has 20 heavy (non-hydrogen) atoms. The van der Waals surface area contributed by atoms with Crippen LogP contribution in [0.3, 0.4) is 0 Å². The van der Waals surface area contributed by atoms with Crippen LogP contribution in [0.1, 0.15) is 51.3 Å². The van der Waals surface area contributed by atoms with Crippen LogP contribution in [0.15, 0.2) is 6.07 Å². The average molecular weight is 278 g/mol. The van der Waals surface area contributed by atoms with Crippen LogP contribution in [0, 0.1) is 0 Å². The number of hydrogen-bond donors (Lipinski definition) is 2. The number of aromatic nitrogens is 2. The molecule has 0 saturated heterocycles. The third kappa shape index (κ3) is 4.34. The lowest BCUT2D eigenvalue weighted by atomic mass is 10.2. The van der Waals surface area contributed by atoms with Crippen LogP contribution in [0.5, 0.6) is 0 Å². The topological polar surface area (TPSA) is 59.1 Å². The lowest BCUT2D eigenvalue weighted by Gasteiger charge is -2.18. The van der Waals surface area contributed by atoms with E-state index in [2.05, 4.69) is 34.4 Å². The molecule has 1 atom stereocenters. The number of methoxy groups -OCH3 is 1. The number of hydrogen-bond acceptors (Lipinski definition) is 5. The highest BCUT2D eigenvalue weighted by Crippen LogP contribution is 2.38. The van der Waals surface area contributed by atoms with Gasteiger partial charge in [-0.05, 0) is 25.7 Å². The molecule has 0 aliphatic heterocycles. The predicted octanol–water partition coefficient (Wildman–Crippen LogP) is 3.01. The Morgan fingerprint density at radius 2 is 2.05 bits per heavy atom. The fourth-order valence-electron chi connectivity index (χ4n) is 2.08. The van der Waals surface area contributed by atoms with Crippen molar-refractivity contribution in [3.05, 3.63) is 11.9 Å². The molecule has 5 heteroatoms. The van der Waals surface area contributed by atoms with Gasteiger partial charge < -0.3 is 15.4 Å². The molecule has 0 bridgehead atoms. The summed E-state index contributed by atoms with van der Waals surface area (Å²) in [6.45, 7) is 5.93. The quantitative estimate of drug-likeness (QED) is 0.727. The Kier molecular flexibility index (Phi) is 5.59.